The second-order valence-corrected chi connectivity index (χ2v) is 4.63. The standard InChI is InChI=1S/C11H15N3/c1-7-9-8(5-12-7)13-6-14-10(9)11(2,3)4/h6,12H,1,5H2,2-4H3. The first-order valence-electron chi connectivity index (χ1n) is 4.77. The van der Waals surface area contributed by atoms with Crippen molar-refractivity contribution in [3.05, 3.63) is 29.9 Å². The van der Waals surface area contributed by atoms with E-state index in [-0.39, 0.29) is 5.41 Å². The molecule has 0 aromatic carbocycles. The lowest BCUT2D eigenvalue weighted by molar-refractivity contribution is 0.564. The van der Waals surface area contributed by atoms with E-state index in [0.29, 0.717) is 0 Å². The lowest BCUT2D eigenvalue weighted by Crippen LogP contribution is -2.17. The first-order chi connectivity index (χ1) is 6.50. The number of nitrogens with one attached hydrogen (secondary N) is 1. The average molecular weight is 189 g/mol. The minimum atomic E-state index is 0.0436. The van der Waals surface area contributed by atoms with Crippen molar-refractivity contribution in [2.45, 2.75) is 32.7 Å². The number of fused-ring (bicyclic) bond motifs is 1. The van der Waals surface area contributed by atoms with Crippen molar-refractivity contribution in [1.29, 1.82) is 0 Å². The van der Waals surface area contributed by atoms with Gasteiger partial charge >= 0.3 is 0 Å². The second-order valence-electron chi connectivity index (χ2n) is 4.63. The zero-order valence-corrected chi connectivity index (χ0v) is 8.89. The monoisotopic (exact) mass is 189 g/mol. The van der Waals surface area contributed by atoms with Crippen LogP contribution in [0.15, 0.2) is 12.9 Å². The fourth-order valence-electron chi connectivity index (χ4n) is 1.72. The largest absolute Gasteiger partial charge is 0.379 e. The highest BCUT2D eigenvalue weighted by Gasteiger charge is 2.26. The Labute approximate surface area is 84.3 Å². The number of rotatable bonds is 0. The fraction of sp³-hybridized carbons (Fsp3) is 0.455. The van der Waals surface area contributed by atoms with Crippen LogP contribution >= 0.6 is 0 Å². The molecule has 3 nitrogen and oxygen atoms in total. The molecule has 1 aromatic heterocycles. The van der Waals surface area contributed by atoms with Crippen LogP contribution < -0.4 is 5.32 Å². The van der Waals surface area contributed by atoms with Gasteiger partial charge in [0.15, 0.2) is 0 Å². The van der Waals surface area contributed by atoms with Crippen LogP contribution in [0.3, 0.4) is 0 Å². The van der Waals surface area contributed by atoms with Crippen LogP contribution in [0, 0.1) is 0 Å². The third kappa shape index (κ3) is 1.29. The quantitative estimate of drug-likeness (QED) is 0.676. The van der Waals surface area contributed by atoms with Gasteiger partial charge in [0.25, 0.3) is 0 Å². The molecule has 1 aliphatic heterocycles. The van der Waals surface area contributed by atoms with E-state index in [0.717, 1.165) is 29.2 Å². The Morgan fingerprint density at radius 1 is 1.36 bits per heavy atom. The molecule has 2 rings (SSSR count). The maximum absolute atomic E-state index is 4.36. The molecule has 0 fully saturated rings. The normalized spacial score (nSPS) is 15.2. The first kappa shape index (κ1) is 9.19. The van der Waals surface area contributed by atoms with Gasteiger partial charge in [0.2, 0.25) is 0 Å². The molecule has 74 valence electrons. The summed E-state index contributed by atoms with van der Waals surface area (Å²) < 4.78 is 0. The van der Waals surface area contributed by atoms with E-state index in [4.69, 9.17) is 0 Å². The van der Waals surface area contributed by atoms with Gasteiger partial charge in [-0.25, -0.2) is 9.97 Å². The van der Waals surface area contributed by atoms with Crippen LogP contribution in [-0.2, 0) is 12.0 Å². The molecule has 1 aromatic rings. The van der Waals surface area contributed by atoms with Crippen LogP contribution in [0.25, 0.3) is 5.70 Å². The van der Waals surface area contributed by atoms with Gasteiger partial charge in [-0.3, -0.25) is 0 Å². The van der Waals surface area contributed by atoms with E-state index in [2.05, 4.69) is 42.6 Å². The Kier molecular flexibility index (Phi) is 1.84. The lowest BCUT2D eigenvalue weighted by Gasteiger charge is -2.20. The molecular weight excluding hydrogens is 174 g/mol. The van der Waals surface area contributed by atoms with Gasteiger partial charge in [-0.05, 0) is 0 Å². The third-order valence-electron chi connectivity index (χ3n) is 2.41. The second kappa shape index (κ2) is 2.80. The zero-order valence-electron chi connectivity index (χ0n) is 8.89. The highest BCUT2D eigenvalue weighted by atomic mass is 15.0. The smallest absolute Gasteiger partial charge is 0.116 e. The van der Waals surface area contributed by atoms with Gasteiger partial charge in [-0.15, -0.1) is 0 Å². The summed E-state index contributed by atoms with van der Waals surface area (Å²) in [5, 5.41) is 3.20. The fourth-order valence-corrected chi connectivity index (χ4v) is 1.72. The number of nitrogens with zero attached hydrogens (tertiary/aromatic N) is 2. The van der Waals surface area contributed by atoms with Crippen molar-refractivity contribution in [2.24, 2.45) is 0 Å². The Morgan fingerprint density at radius 3 is 2.71 bits per heavy atom. The van der Waals surface area contributed by atoms with Crippen molar-refractivity contribution in [1.82, 2.24) is 15.3 Å². The molecule has 0 radical (unpaired) electrons. The van der Waals surface area contributed by atoms with Gasteiger partial charge in [-0.1, -0.05) is 27.4 Å². The van der Waals surface area contributed by atoms with Crippen LogP contribution in [-0.4, -0.2) is 9.97 Å². The number of aromatic nitrogens is 2. The zero-order chi connectivity index (χ0) is 10.3. The van der Waals surface area contributed by atoms with Gasteiger partial charge in [0.05, 0.1) is 17.9 Å². The summed E-state index contributed by atoms with van der Waals surface area (Å²) in [5.74, 6) is 0. The van der Waals surface area contributed by atoms with Crippen molar-refractivity contribution >= 4 is 5.70 Å². The molecule has 0 spiro atoms. The first-order valence-corrected chi connectivity index (χ1v) is 4.77. The van der Waals surface area contributed by atoms with E-state index < -0.39 is 0 Å². The average Bonchev–Trinajstić information content (AvgIpc) is 2.46. The molecule has 2 heterocycles. The summed E-state index contributed by atoms with van der Waals surface area (Å²) in [6, 6.07) is 0. The summed E-state index contributed by atoms with van der Waals surface area (Å²) in [5.41, 5.74) is 4.25. The third-order valence-corrected chi connectivity index (χ3v) is 2.41. The molecule has 14 heavy (non-hydrogen) atoms. The summed E-state index contributed by atoms with van der Waals surface area (Å²) >= 11 is 0. The summed E-state index contributed by atoms with van der Waals surface area (Å²) in [6.45, 7) is 11.2. The SMILES string of the molecule is C=C1NCc2ncnc(C(C)(C)C)c21. The topological polar surface area (TPSA) is 37.8 Å². The summed E-state index contributed by atoms with van der Waals surface area (Å²) in [7, 11) is 0. The Morgan fingerprint density at radius 2 is 2.07 bits per heavy atom. The van der Waals surface area contributed by atoms with Crippen molar-refractivity contribution < 1.29 is 0 Å². The van der Waals surface area contributed by atoms with Gasteiger partial charge < -0.3 is 5.32 Å². The van der Waals surface area contributed by atoms with Crippen LogP contribution in [0.2, 0.25) is 0 Å². The molecule has 0 amide bonds. The maximum Gasteiger partial charge on any atom is 0.116 e. The minimum absolute atomic E-state index is 0.0436. The minimum Gasteiger partial charge on any atom is -0.379 e. The summed E-state index contributed by atoms with van der Waals surface area (Å²) in [6.07, 6.45) is 1.64. The van der Waals surface area contributed by atoms with Gasteiger partial charge in [0.1, 0.15) is 6.33 Å². The van der Waals surface area contributed by atoms with Crippen LogP contribution in [0.1, 0.15) is 37.7 Å². The molecule has 0 saturated heterocycles. The Bertz CT molecular complexity index is 388. The molecule has 0 atom stereocenters. The van der Waals surface area contributed by atoms with Crippen LogP contribution in [0.5, 0.6) is 0 Å². The van der Waals surface area contributed by atoms with Crippen molar-refractivity contribution in [2.75, 3.05) is 0 Å². The molecule has 1 N–H and O–H groups in total. The Balaban J connectivity index is 2.64. The van der Waals surface area contributed by atoms with Gasteiger partial charge in [-0.2, -0.15) is 0 Å². The molecule has 1 aliphatic rings. The highest BCUT2D eigenvalue weighted by Crippen LogP contribution is 2.31. The maximum atomic E-state index is 4.36. The molecule has 0 unspecified atom stereocenters. The Hall–Kier alpha value is -1.38. The molecule has 0 saturated carbocycles. The predicted molar refractivity (Wildman–Crippen MR) is 56.6 cm³/mol. The van der Waals surface area contributed by atoms with Crippen LogP contribution in [0.4, 0.5) is 0 Å². The number of hydrogen-bond acceptors (Lipinski definition) is 3. The van der Waals surface area contributed by atoms with E-state index >= 15 is 0 Å². The van der Waals surface area contributed by atoms with E-state index in [1.807, 2.05) is 0 Å². The van der Waals surface area contributed by atoms with Crippen molar-refractivity contribution in [3.8, 4) is 0 Å². The lowest BCUT2D eigenvalue weighted by atomic mass is 9.88. The predicted octanol–water partition coefficient (Wildman–Crippen LogP) is 1.85. The van der Waals surface area contributed by atoms with E-state index in [1.54, 1.807) is 6.33 Å². The summed E-state index contributed by atoms with van der Waals surface area (Å²) in [4.78, 5) is 8.61. The van der Waals surface area contributed by atoms with E-state index in [1.165, 1.54) is 0 Å². The molecule has 0 aliphatic carbocycles. The molecular formula is C11H15N3. The van der Waals surface area contributed by atoms with E-state index in [9.17, 15) is 0 Å². The molecule has 3 heteroatoms. The number of hydrogen-bond donors (Lipinski definition) is 1. The van der Waals surface area contributed by atoms with Gasteiger partial charge in [0, 0.05) is 16.7 Å². The highest BCUT2D eigenvalue weighted by molar-refractivity contribution is 5.69. The molecule has 0 bridgehead atoms. The van der Waals surface area contributed by atoms with Crippen molar-refractivity contribution in [3.63, 3.8) is 0 Å².